The van der Waals surface area contributed by atoms with E-state index in [2.05, 4.69) is 15.9 Å². The first-order valence-electron chi connectivity index (χ1n) is 6.28. The number of aldehydes is 1. The zero-order chi connectivity index (χ0) is 14.8. The fourth-order valence-electron chi connectivity index (χ4n) is 2.13. The van der Waals surface area contributed by atoms with Crippen LogP contribution in [0.15, 0.2) is 59.1 Å². The molecule has 0 aliphatic rings. The van der Waals surface area contributed by atoms with Gasteiger partial charge in [0.1, 0.15) is 23.6 Å². The molecule has 0 unspecified atom stereocenters. The fourth-order valence-corrected chi connectivity index (χ4v) is 2.70. The summed E-state index contributed by atoms with van der Waals surface area (Å²) in [6.45, 7) is 0. The molecule has 21 heavy (non-hydrogen) atoms. The van der Waals surface area contributed by atoms with Gasteiger partial charge in [-0.05, 0) is 44.9 Å². The lowest BCUT2D eigenvalue weighted by atomic mass is 10.1. The number of benzene rings is 3. The van der Waals surface area contributed by atoms with Crippen LogP contribution in [0.1, 0.15) is 10.4 Å². The number of carbonyl (C=O) groups is 1. The van der Waals surface area contributed by atoms with Crippen LogP contribution in [0.4, 0.5) is 4.39 Å². The molecule has 2 nitrogen and oxygen atoms in total. The van der Waals surface area contributed by atoms with Gasteiger partial charge in [0.15, 0.2) is 0 Å². The lowest BCUT2D eigenvalue weighted by Gasteiger charge is -2.10. The fraction of sp³-hybridized carbons (Fsp3) is 0. The molecule has 0 saturated carbocycles. The van der Waals surface area contributed by atoms with Gasteiger partial charge in [0.25, 0.3) is 0 Å². The molecule has 4 heteroatoms. The zero-order valence-electron chi connectivity index (χ0n) is 10.8. The van der Waals surface area contributed by atoms with Gasteiger partial charge in [0.2, 0.25) is 0 Å². The Kier molecular flexibility index (Phi) is 3.71. The van der Waals surface area contributed by atoms with Crippen molar-refractivity contribution in [2.75, 3.05) is 0 Å². The van der Waals surface area contributed by atoms with Crippen LogP contribution in [0.5, 0.6) is 11.5 Å². The highest BCUT2D eigenvalue weighted by molar-refractivity contribution is 9.10. The maximum absolute atomic E-state index is 13.4. The second-order valence-corrected chi connectivity index (χ2v) is 5.33. The number of ether oxygens (including phenoxy) is 1. The van der Waals surface area contributed by atoms with Crippen LogP contribution in [0.3, 0.4) is 0 Å². The molecule has 0 atom stereocenters. The minimum absolute atomic E-state index is 0.238. The number of hydrogen-bond acceptors (Lipinski definition) is 2. The molecule has 0 spiro atoms. The average molecular weight is 345 g/mol. The van der Waals surface area contributed by atoms with E-state index in [4.69, 9.17) is 4.74 Å². The van der Waals surface area contributed by atoms with Crippen molar-refractivity contribution in [1.29, 1.82) is 0 Å². The van der Waals surface area contributed by atoms with Crippen LogP contribution < -0.4 is 4.74 Å². The number of hydrogen-bond donors (Lipinski definition) is 0. The first-order valence-corrected chi connectivity index (χ1v) is 7.07. The van der Waals surface area contributed by atoms with E-state index in [1.54, 1.807) is 6.07 Å². The second kappa shape index (κ2) is 5.66. The van der Waals surface area contributed by atoms with Gasteiger partial charge in [0.05, 0.1) is 4.47 Å². The Morgan fingerprint density at radius 3 is 2.67 bits per heavy atom. The van der Waals surface area contributed by atoms with Gasteiger partial charge < -0.3 is 4.74 Å². The Morgan fingerprint density at radius 1 is 1.05 bits per heavy atom. The van der Waals surface area contributed by atoms with Crippen molar-refractivity contribution in [2.45, 2.75) is 0 Å². The third kappa shape index (κ3) is 2.81. The summed E-state index contributed by atoms with van der Waals surface area (Å²) in [5, 5.41) is 2.08. The van der Waals surface area contributed by atoms with Gasteiger partial charge in [0, 0.05) is 11.6 Å². The van der Waals surface area contributed by atoms with Gasteiger partial charge in [-0.3, -0.25) is 4.79 Å². The van der Waals surface area contributed by atoms with Crippen LogP contribution >= 0.6 is 15.9 Å². The highest BCUT2D eigenvalue weighted by Crippen LogP contribution is 2.36. The molecule has 0 aliphatic heterocycles. The standard InChI is InChI=1S/C17H10BrFO2/c18-17-15-4-2-1-3-12(15)5-6-16(17)21-14-8-11(10-20)7-13(19)9-14/h1-10H. The molecule has 104 valence electrons. The maximum atomic E-state index is 13.4. The van der Waals surface area contributed by atoms with Gasteiger partial charge in [-0.25, -0.2) is 4.39 Å². The van der Waals surface area contributed by atoms with E-state index in [0.717, 1.165) is 21.3 Å². The molecule has 0 bridgehead atoms. The van der Waals surface area contributed by atoms with Gasteiger partial charge in [-0.1, -0.05) is 30.3 Å². The number of fused-ring (bicyclic) bond motifs is 1. The summed E-state index contributed by atoms with van der Waals surface area (Å²) in [7, 11) is 0. The van der Waals surface area contributed by atoms with E-state index in [1.165, 1.54) is 12.1 Å². The van der Waals surface area contributed by atoms with Gasteiger partial charge in [-0.2, -0.15) is 0 Å². The second-order valence-electron chi connectivity index (χ2n) is 4.54. The van der Waals surface area contributed by atoms with Gasteiger partial charge in [-0.15, -0.1) is 0 Å². The van der Waals surface area contributed by atoms with Crippen molar-refractivity contribution in [3.05, 3.63) is 70.5 Å². The van der Waals surface area contributed by atoms with Crippen molar-refractivity contribution in [3.8, 4) is 11.5 Å². The molecular weight excluding hydrogens is 335 g/mol. The number of carbonyl (C=O) groups excluding carboxylic acids is 1. The topological polar surface area (TPSA) is 26.3 Å². The van der Waals surface area contributed by atoms with Crippen molar-refractivity contribution in [2.24, 2.45) is 0 Å². The van der Waals surface area contributed by atoms with Crippen LogP contribution in [-0.4, -0.2) is 6.29 Å². The van der Waals surface area contributed by atoms with Crippen LogP contribution in [0.25, 0.3) is 10.8 Å². The maximum Gasteiger partial charge on any atom is 0.150 e. The normalized spacial score (nSPS) is 10.6. The molecule has 0 radical (unpaired) electrons. The molecule has 3 aromatic rings. The molecule has 0 N–H and O–H groups in total. The minimum atomic E-state index is -0.508. The highest BCUT2D eigenvalue weighted by Gasteiger charge is 2.08. The van der Waals surface area contributed by atoms with Crippen molar-refractivity contribution in [3.63, 3.8) is 0 Å². The summed E-state index contributed by atoms with van der Waals surface area (Å²) in [6, 6.07) is 15.5. The molecule has 0 aromatic heterocycles. The summed E-state index contributed by atoms with van der Waals surface area (Å²) in [5.41, 5.74) is 0.238. The summed E-state index contributed by atoms with van der Waals surface area (Å²) < 4.78 is 19.9. The molecule has 0 fully saturated rings. The van der Waals surface area contributed by atoms with E-state index >= 15 is 0 Å². The van der Waals surface area contributed by atoms with Crippen molar-refractivity contribution >= 4 is 33.0 Å². The molecular formula is C17H10BrFO2. The molecule has 0 amide bonds. The molecule has 0 saturated heterocycles. The smallest absolute Gasteiger partial charge is 0.150 e. The molecule has 0 aliphatic carbocycles. The largest absolute Gasteiger partial charge is 0.456 e. The zero-order valence-corrected chi connectivity index (χ0v) is 12.4. The number of halogens is 2. The van der Waals surface area contributed by atoms with Crippen LogP contribution in [0, 0.1) is 5.82 Å². The Morgan fingerprint density at radius 2 is 1.86 bits per heavy atom. The molecule has 0 heterocycles. The Balaban J connectivity index is 2.04. The SMILES string of the molecule is O=Cc1cc(F)cc(Oc2ccc3ccccc3c2Br)c1. The van der Waals surface area contributed by atoms with Crippen LogP contribution in [-0.2, 0) is 0 Å². The number of rotatable bonds is 3. The summed E-state index contributed by atoms with van der Waals surface area (Å²) in [4.78, 5) is 10.8. The first-order chi connectivity index (χ1) is 10.2. The van der Waals surface area contributed by atoms with Crippen LogP contribution in [0.2, 0.25) is 0 Å². The van der Waals surface area contributed by atoms with E-state index in [9.17, 15) is 9.18 Å². The third-order valence-electron chi connectivity index (χ3n) is 3.09. The predicted molar refractivity (Wildman–Crippen MR) is 83.5 cm³/mol. The average Bonchev–Trinajstić information content (AvgIpc) is 2.50. The summed E-state index contributed by atoms with van der Waals surface area (Å²) in [5.74, 6) is 0.343. The van der Waals surface area contributed by atoms with E-state index in [-0.39, 0.29) is 11.3 Å². The first kappa shape index (κ1) is 13.8. The lowest BCUT2D eigenvalue weighted by Crippen LogP contribution is -1.90. The quantitative estimate of drug-likeness (QED) is 0.599. The lowest BCUT2D eigenvalue weighted by molar-refractivity contribution is 0.112. The molecule has 3 aromatic carbocycles. The Hall–Kier alpha value is -2.20. The van der Waals surface area contributed by atoms with E-state index in [0.29, 0.717) is 12.0 Å². The summed E-state index contributed by atoms with van der Waals surface area (Å²) >= 11 is 3.51. The Bertz CT molecular complexity index is 830. The highest BCUT2D eigenvalue weighted by atomic mass is 79.9. The van der Waals surface area contributed by atoms with Crippen molar-refractivity contribution < 1.29 is 13.9 Å². The predicted octanol–water partition coefficient (Wildman–Crippen LogP) is 5.35. The van der Waals surface area contributed by atoms with Crippen molar-refractivity contribution in [1.82, 2.24) is 0 Å². The van der Waals surface area contributed by atoms with Gasteiger partial charge >= 0.3 is 0 Å². The molecule has 3 rings (SSSR count). The third-order valence-corrected chi connectivity index (χ3v) is 3.90. The van der Waals surface area contributed by atoms with E-state index in [1.807, 2.05) is 30.3 Å². The minimum Gasteiger partial charge on any atom is -0.456 e. The summed E-state index contributed by atoms with van der Waals surface area (Å²) in [6.07, 6.45) is 0.589. The van der Waals surface area contributed by atoms with E-state index < -0.39 is 5.82 Å². The monoisotopic (exact) mass is 344 g/mol. The Labute approximate surface area is 129 Å².